The van der Waals surface area contributed by atoms with Gasteiger partial charge >= 0.3 is 0 Å². The normalized spacial score (nSPS) is 42.8. The van der Waals surface area contributed by atoms with Crippen LogP contribution >= 0.6 is 0 Å². The Morgan fingerprint density at radius 2 is 2.00 bits per heavy atom. The van der Waals surface area contributed by atoms with E-state index in [1.807, 2.05) is 0 Å². The third kappa shape index (κ3) is 1.67. The first kappa shape index (κ1) is 8.59. The van der Waals surface area contributed by atoms with E-state index in [-0.39, 0.29) is 0 Å². The van der Waals surface area contributed by atoms with Crippen LogP contribution in [0.25, 0.3) is 0 Å². The van der Waals surface area contributed by atoms with Crippen molar-refractivity contribution in [2.75, 3.05) is 0 Å². The molecule has 0 spiro atoms. The van der Waals surface area contributed by atoms with Crippen LogP contribution in [0.3, 0.4) is 0 Å². The minimum atomic E-state index is 0.753. The molecule has 2 fully saturated rings. The summed E-state index contributed by atoms with van der Waals surface area (Å²) < 4.78 is 0. The van der Waals surface area contributed by atoms with E-state index in [1.165, 1.54) is 32.1 Å². The van der Waals surface area contributed by atoms with E-state index in [4.69, 9.17) is 0 Å². The van der Waals surface area contributed by atoms with Crippen LogP contribution in [0.4, 0.5) is 0 Å². The average molecular weight is 166 g/mol. The van der Waals surface area contributed by atoms with Gasteiger partial charge in [0, 0.05) is 0 Å². The Hall–Kier alpha value is 0. The number of hydrogen-bond acceptors (Lipinski definition) is 0. The van der Waals surface area contributed by atoms with Gasteiger partial charge in [0.05, 0.1) is 0 Å². The van der Waals surface area contributed by atoms with Crippen molar-refractivity contribution in [3.05, 3.63) is 0 Å². The standard InChI is InChI=1S/C12H22/c1-9(11-4-5-11)6-7-12(3)8-10(12)2/h9-11H,4-8H2,1-3H3. The molecule has 0 N–H and O–H groups in total. The monoisotopic (exact) mass is 166 g/mol. The van der Waals surface area contributed by atoms with E-state index in [0.717, 1.165) is 23.2 Å². The molecular formula is C12H22. The van der Waals surface area contributed by atoms with Crippen molar-refractivity contribution < 1.29 is 0 Å². The molecule has 0 radical (unpaired) electrons. The molecule has 0 saturated heterocycles. The summed E-state index contributed by atoms with van der Waals surface area (Å²) in [6.07, 6.45) is 7.52. The largest absolute Gasteiger partial charge is 0.0622 e. The Balaban J connectivity index is 1.67. The molecule has 0 aromatic carbocycles. The third-order valence-electron chi connectivity index (χ3n) is 4.40. The summed E-state index contributed by atoms with van der Waals surface area (Å²) in [7, 11) is 0. The molecule has 0 bridgehead atoms. The van der Waals surface area contributed by atoms with Crippen LogP contribution in [0, 0.1) is 23.2 Å². The molecule has 0 aliphatic heterocycles. The quantitative estimate of drug-likeness (QED) is 0.595. The molecule has 12 heavy (non-hydrogen) atoms. The van der Waals surface area contributed by atoms with E-state index >= 15 is 0 Å². The molecule has 2 saturated carbocycles. The van der Waals surface area contributed by atoms with Crippen molar-refractivity contribution in [1.82, 2.24) is 0 Å². The molecule has 3 atom stereocenters. The highest BCUT2D eigenvalue weighted by molar-refractivity contribution is 4.96. The van der Waals surface area contributed by atoms with Gasteiger partial charge in [-0.3, -0.25) is 0 Å². The van der Waals surface area contributed by atoms with Gasteiger partial charge in [-0.25, -0.2) is 0 Å². The Kier molecular flexibility index (Phi) is 1.97. The summed E-state index contributed by atoms with van der Waals surface area (Å²) in [5, 5.41) is 0. The fourth-order valence-electron chi connectivity index (χ4n) is 2.45. The van der Waals surface area contributed by atoms with Gasteiger partial charge in [-0.15, -0.1) is 0 Å². The van der Waals surface area contributed by atoms with E-state index in [0.29, 0.717) is 0 Å². The van der Waals surface area contributed by atoms with Crippen molar-refractivity contribution in [3.8, 4) is 0 Å². The molecule has 2 aliphatic carbocycles. The molecule has 0 aromatic rings. The molecule has 2 rings (SSSR count). The van der Waals surface area contributed by atoms with Crippen LogP contribution in [-0.4, -0.2) is 0 Å². The zero-order valence-corrected chi connectivity index (χ0v) is 8.77. The molecule has 0 heteroatoms. The lowest BCUT2D eigenvalue weighted by Crippen LogP contribution is -2.03. The molecule has 0 nitrogen and oxygen atoms in total. The SMILES string of the molecule is CC(CCC1(C)CC1C)C1CC1. The Bertz CT molecular complexity index is 169. The number of hydrogen-bond donors (Lipinski definition) is 0. The minimum absolute atomic E-state index is 0.753. The van der Waals surface area contributed by atoms with Gasteiger partial charge in [0.25, 0.3) is 0 Å². The number of rotatable bonds is 4. The fraction of sp³-hybridized carbons (Fsp3) is 1.00. The van der Waals surface area contributed by atoms with E-state index in [1.54, 1.807) is 0 Å². The molecule has 0 heterocycles. The van der Waals surface area contributed by atoms with Crippen molar-refractivity contribution >= 4 is 0 Å². The van der Waals surface area contributed by atoms with E-state index in [9.17, 15) is 0 Å². The maximum atomic E-state index is 2.47. The van der Waals surface area contributed by atoms with E-state index < -0.39 is 0 Å². The zero-order chi connectivity index (χ0) is 8.77. The molecule has 3 unspecified atom stereocenters. The van der Waals surface area contributed by atoms with Crippen LogP contribution < -0.4 is 0 Å². The third-order valence-corrected chi connectivity index (χ3v) is 4.40. The lowest BCUT2D eigenvalue weighted by Gasteiger charge is -2.14. The first-order valence-electron chi connectivity index (χ1n) is 5.62. The van der Waals surface area contributed by atoms with E-state index in [2.05, 4.69) is 20.8 Å². The van der Waals surface area contributed by atoms with Crippen LogP contribution in [0.15, 0.2) is 0 Å². The zero-order valence-electron chi connectivity index (χ0n) is 8.77. The predicted octanol–water partition coefficient (Wildman–Crippen LogP) is 3.86. The molecule has 2 aliphatic rings. The highest BCUT2D eigenvalue weighted by Crippen LogP contribution is 2.56. The maximum absolute atomic E-state index is 2.47. The van der Waals surface area contributed by atoms with Gasteiger partial charge in [0.1, 0.15) is 0 Å². The lowest BCUT2D eigenvalue weighted by molar-refractivity contribution is 0.371. The highest BCUT2D eigenvalue weighted by Gasteiger charge is 2.46. The Labute approximate surface area is 76.7 Å². The fourth-order valence-corrected chi connectivity index (χ4v) is 2.45. The van der Waals surface area contributed by atoms with Gasteiger partial charge in [-0.2, -0.15) is 0 Å². The Morgan fingerprint density at radius 1 is 1.42 bits per heavy atom. The second-order valence-corrected chi connectivity index (χ2v) is 5.61. The first-order chi connectivity index (χ1) is 5.62. The Morgan fingerprint density at radius 3 is 2.42 bits per heavy atom. The van der Waals surface area contributed by atoms with Crippen molar-refractivity contribution in [2.45, 2.75) is 52.9 Å². The van der Waals surface area contributed by atoms with Gasteiger partial charge < -0.3 is 0 Å². The molecule has 0 aromatic heterocycles. The second-order valence-electron chi connectivity index (χ2n) is 5.61. The van der Waals surface area contributed by atoms with Gasteiger partial charge in [0.15, 0.2) is 0 Å². The summed E-state index contributed by atoms with van der Waals surface area (Å²) in [4.78, 5) is 0. The predicted molar refractivity (Wildman–Crippen MR) is 53.0 cm³/mol. The smallest absolute Gasteiger partial charge is 0.0297 e. The van der Waals surface area contributed by atoms with Crippen molar-refractivity contribution in [2.24, 2.45) is 23.2 Å². The second kappa shape index (κ2) is 2.75. The molecule has 70 valence electrons. The van der Waals surface area contributed by atoms with Crippen molar-refractivity contribution in [3.63, 3.8) is 0 Å². The van der Waals surface area contributed by atoms with Crippen LogP contribution in [0.2, 0.25) is 0 Å². The summed E-state index contributed by atoms with van der Waals surface area (Å²) in [5.74, 6) is 3.15. The lowest BCUT2D eigenvalue weighted by atomic mass is 9.92. The minimum Gasteiger partial charge on any atom is -0.0622 e. The summed E-state index contributed by atoms with van der Waals surface area (Å²) in [6.45, 7) is 7.33. The van der Waals surface area contributed by atoms with Gasteiger partial charge in [-0.1, -0.05) is 20.8 Å². The maximum Gasteiger partial charge on any atom is -0.0297 e. The molecular weight excluding hydrogens is 144 g/mol. The van der Waals surface area contributed by atoms with Gasteiger partial charge in [-0.05, 0) is 55.3 Å². The van der Waals surface area contributed by atoms with Crippen molar-refractivity contribution in [1.29, 1.82) is 0 Å². The first-order valence-corrected chi connectivity index (χ1v) is 5.62. The summed E-state index contributed by atoms with van der Waals surface area (Å²) >= 11 is 0. The van der Waals surface area contributed by atoms with Crippen LogP contribution in [0.5, 0.6) is 0 Å². The molecule has 0 amide bonds. The van der Waals surface area contributed by atoms with Crippen LogP contribution in [0.1, 0.15) is 52.9 Å². The highest BCUT2D eigenvalue weighted by atomic mass is 14.5. The van der Waals surface area contributed by atoms with Gasteiger partial charge in [0.2, 0.25) is 0 Å². The average Bonchev–Trinajstić information content (AvgIpc) is 2.86. The van der Waals surface area contributed by atoms with Crippen LogP contribution in [-0.2, 0) is 0 Å². The summed E-state index contributed by atoms with van der Waals surface area (Å²) in [5.41, 5.74) is 0.753. The topological polar surface area (TPSA) is 0 Å². The summed E-state index contributed by atoms with van der Waals surface area (Å²) in [6, 6.07) is 0.